The first-order chi connectivity index (χ1) is 5.63. The molecule has 3 N–H and O–H groups in total. The maximum Gasteiger partial charge on any atom is 0.223 e. The second-order valence-electron chi connectivity index (χ2n) is 2.65. The van der Waals surface area contributed by atoms with Gasteiger partial charge in [0.25, 0.3) is 0 Å². The molecule has 4 nitrogen and oxygen atoms in total. The van der Waals surface area contributed by atoms with Gasteiger partial charge in [-0.15, -0.1) is 0 Å². The van der Waals surface area contributed by atoms with Crippen LogP contribution in [0.2, 0.25) is 0 Å². The molecule has 1 rings (SSSR count). The van der Waals surface area contributed by atoms with Gasteiger partial charge in [0, 0.05) is 0 Å². The lowest BCUT2D eigenvalue weighted by Gasteiger charge is -2.12. The van der Waals surface area contributed by atoms with Crippen molar-refractivity contribution in [3.05, 3.63) is 24.2 Å². The largest absolute Gasteiger partial charge is 0.467 e. The Kier molecular flexibility index (Phi) is 2.50. The summed E-state index contributed by atoms with van der Waals surface area (Å²) in [5, 5.41) is 9.45. The number of primary amides is 1. The summed E-state index contributed by atoms with van der Waals surface area (Å²) in [7, 11) is 0. The summed E-state index contributed by atoms with van der Waals surface area (Å²) in [4.78, 5) is 10.7. The molecule has 0 aliphatic heterocycles. The smallest absolute Gasteiger partial charge is 0.223 e. The van der Waals surface area contributed by atoms with Crippen LogP contribution in [0.5, 0.6) is 0 Å². The van der Waals surface area contributed by atoms with Gasteiger partial charge >= 0.3 is 0 Å². The summed E-state index contributed by atoms with van der Waals surface area (Å²) in [6, 6.07) is 3.25. The molecule has 0 saturated heterocycles. The fourth-order valence-electron chi connectivity index (χ4n) is 0.862. The van der Waals surface area contributed by atoms with Crippen LogP contribution < -0.4 is 5.73 Å². The molecule has 0 aliphatic carbocycles. The first-order valence-corrected chi connectivity index (χ1v) is 3.63. The Labute approximate surface area is 70.0 Å². The van der Waals surface area contributed by atoms with E-state index in [1.165, 1.54) is 6.26 Å². The molecular formula is C8H11NO3. The summed E-state index contributed by atoms with van der Waals surface area (Å²) in [6.07, 6.45) is 0.490. The molecule has 0 saturated carbocycles. The fraction of sp³-hybridized carbons (Fsp3) is 0.375. The van der Waals surface area contributed by atoms with Crippen molar-refractivity contribution in [3.8, 4) is 0 Å². The van der Waals surface area contributed by atoms with Crippen LogP contribution in [-0.2, 0) is 4.79 Å². The molecular weight excluding hydrogens is 158 g/mol. The molecule has 1 aromatic rings. The molecule has 0 spiro atoms. The van der Waals surface area contributed by atoms with E-state index < -0.39 is 17.9 Å². The van der Waals surface area contributed by atoms with Crippen LogP contribution in [0.25, 0.3) is 0 Å². The van der Waals surface area contributed by atoms with E-state index in [9.17, 15) is 9.90 Å². The highest BCUT2D eigenvalue weighted by molar-refractivity contribution is 5.76. The molecule has 0 radical (unpaired) electrons. The van der Waals surface area contributed by atoms with Gasteiger partial charge in [-0.25, -0.2) is 0 Å². The van der Waals surface area contributed by atoms with Crippen molar-refractivity contribution in [2.75, 3.05) is 0 Å². The van der Waals surface area contributed by atoms with E-state index in [0.29, 0.717) is 5.76 Å². The van der Waals surface area contributed by atoms with Gasteiger partial charge in [0.2, 0.25) is 5.91 Å². The van der Waals surface area contributed by atoms with Crippen molar-refractivity contribution in [2.24, 2.45) is 11.7 Å². The number of carbonyl (C=O) groups is 1. The van der Waals surface area contributed by atoms with E-state index in [-0.39, 0.29) is 0 Å². The molecule has 1 amide bonds. The average Bonchev–Trinajstić information content (AvgIpc) is 2.53. The molecule has 4 heteroatoms. The number of hydrogen-bond donors (Lipinski definition) is 2. The minimum Gasteiger partial charge on any atom is -0.467 e. The Balaban J connectivity index is 2.71. The molecule has 12 heavy (non-hydrogen) atoms. The Morgan fingerprint density at radius 1 is 1.75 bits per heavy atom. The highest BCUT2D eigenvalue weighted by atomic mass is 16.4. The number of nitrogens with two attached hydrogens (primary N) is 1. The van der Waals surface area contributed by atoms with Gasteiger partial charge < -0.3 is 15.3 Å². The van der Waals surface area contributed by atoms with Crippen LogP contribution >= 0.6 is 0 Å². The molecule has 1 aromatic heterocycles. The predicted octanol–water partition coefficient (Wildman–Crippen LogP) is 0.434. The van der Waals surface area contributed by atoms with Gasteiger partial charge in [0.1, 0.15) is 11.9 Å². The number of rotatable bonds is 3. The van der Waals surface area contributed by atoms with E-state index in [4.69, 9.17) is 10.2 Å². The molecule has 0 bridgehead atoms. The minimum absolute atomic E-state index is 0.362. The van der Waals surface area contributed by atoms with E-state index in [1.54, 1.807) is 19.1 Å². The van der Waals surface area contributed by atoms with E-state index in [1.807, 2.05) is 0 Å². The Bertz CT molecular complexity index is 255. The second-order valence-corrected chi connectivity index (χ2v) is 2.65. The first-order valence-electron chi connectivity index (χ1n) is 3.63. The van der Waals surface area contributed by atoms with Crippen molar-refractivity contribution in [2.45, 2.75) is 13.0 Å². The van der Waals surface area contributed by atoms with Gasteiger partial charge in [0.05, 0.1) is 12.2 Å². The lowest BCUT2D eigenvalue weighted by atomic mass is 10.0. The number of furan rings is 1. The van der Waals surface area contributed by atoms with E-state index in [2.05, 4.69) is 0 Å². The Morgan fingerprint density at radius 3 is 2.83 bits per heavy atom. The molecule has 0 aliphatic rings. The predicted molar refractivity (Wildman–Crippen MR) is 42.0 cm³/mol. The lowest BCUT2D eigenvalue weighted by molar-refractivity contribution is -0.125. The van der Waals surface area contributed by atoms with Gasteiger partial charge in [0.15, 0.2) is 0 Å². The maximum absolute atomic E-state index is 10.7. The standard InChI is InChI=1S/C8H11NO3/c1-5(8(9)11)7(10)6-3-2-4-12-6/h2-5,7,10H,1H3,(H2,9,11)/t5-,7-/m0/s1. The monoisotopic (exact) mass is 169 g/mol. The van der Waals surface area contributed by atoms with Crippen LogP contribution in [0, 0.1) is 5.92 Å². The average molecular weight is 169 g/mol. The van der Waals surface area contributed by atoms with Crippen molar-refractivity contribution in [1.29, 1.82) is 0 Å². The van der Waals surface area contributed by atoms with Gasteiger partial charge in [-0.2, -0.15) is 0 Å². The van der Waals surface area contributed by atoms with Crippen molar-refractivity contribution in [3.63, 3.8) is 0 Å². The molecule has 1 heterocycles. The van der Waals surface area contributed by atoms with Crippen LogP contribution in [0.15, 0.2) is 22.8 Å². The maximum atomic E-state index is 10.7. The summed E-state index contributed by atoms with van der Waals surface area (Å²) >= 11 is 0. The Morgan fingerprint density at radius 2 is 2.42 bits per heavy atom. The van der Waals surface area contributed by atoms with Crippen molar-refractivity contribution >= 4 is 5.91 Å². The van der Waals surface area contributed by atoms with E-state index in [0.717, 1.165) is 0 Å². The Hall–Kier alpha value is -1.29. The van der Waals surface area contributed by atoms with Crippen LogP contribution in [0.4, 0.5) is 0 Å². The lowest BCUT2D eigenvalue weighted by Crippen LogP contribution is -2.25. The van der Waals surface area contributed by atoms with E-state index >= 15 is 0 Å². The number of aliphatic hydroxyl groups is 1. The topological polar surface area (TPSA) is 76.5 Å². The molecule has 0 fully saturated rings. The highest BCUT2D eigenvalue weighted by Crippen LogP contribution is 2.21. The highest BCUT2D eigenvalue weighted by Gasteiger charge is 2.22. The van der Waals surface area contributed by atoms with Gasteiger partial charge in [-0.05, 0) is 12.1 Å². The molecule has 0 aromatic carbocycles. The molecule has 2 atom stereocenters. The fourth-order valence-corrected chi connectivity index (χ4v) is 0.862. The van der Waals surface area contributed by atoms with Crippen LogP contribution in [0.1, 0.15) is 18.8 Å². The summed E-state index contributed by atoms with van der Waals surface area (Å²) in [6.45, 7) is 1.55. The summed E-state index contributed by atoms with van der Waals surface area (Å²) in [5.41, 5.74) is 5.00. The normalized spacial score (nSPS) is 15.5. The number of amides is 1. The van der Waals surface area contributed by atoms with Crippen LogP contribution in [-0.4, -0.2) is 11.0 Å². The third-order valence-electron chi connectivity index (χ3n) is 1.76. The first kappa shape index (κ1) is 8.80. The van der Waals surface area contributed by atoms with Gasteiger partial charge in [-0.1, -0.05) is 6.92 Å². The zero-order valence-electron chi connectivity index (χ0n) is 6.73. The van der Waals surface area contributed by atoms with Crippen molar-refractivity contribution in [1.82, 2.24) is 0 Å². The third-order valence-corrected chi connectivity index (χ3v) is 1.76. The van der Waals surface area contributed by atoms with Crippen molar-refractivity contribution < 1.29 is 14.3 Å². The minimum atomic E-state index is -0.947. The summed E-state index contributed by atoms with van der Waals surface area (Å²) < 4.78 is 4.91. The van der Waals surface area contributed by atoms with Crippen LogP contribution in [0.3, 0.4) is 0 Å². The zero-order chi connectivity index (χ0) is 9.14. The zero-order valence-corrected chi connectivity index (χ0v) is 6.73. The third kappa shape index (κ3) is 1.65. The number of hydrogen-bond acceptors (Lipinski definition) is 3. The summed E-state index contributed by atoms with van der Waals surface area (Å²) in [5.74, 6) is -0.809. The number of aliphatic hydroxyl groups excluding tert-OH is 1. The number of carbonyl (C=O) groups excluding carboxylic acids is 1. The molecule has 0 unspecified atom stereocenters. The quantitative estimate of drug-likeness (QED) is 0.689. The molecule has 66 valence electrons. The van der Waals surface area contributed by atoms with Gasteiger partial charge in [-0.3, -0.25) is 4.79 Å². The second kappa shape index (κ2) is 3.40. The SMILES string of the molecule is C[C@H](C(N)=O)[C@H](O)c1ccco1.